The van der Waals surface area contributed by atoms with Gasteiger partial charge in [0.15, 0.2) is 5.69 Å². The van der Waals surface area contributed by atoms with Crippen molar-refractivity contribution in [3.63, 3.8) is 0 Å². The molecule has 0 saturated heterocycles. The van der Waals surface area contributed by atoms with E-state index >= 15 is 0 Å². The Morgan fingerprint density at radius 1 is 1.43 bits per heavy atom. The second-order valence-electron chi connectivity index (χ2n) is 5.13. The van der Waals surface area contributed by atoms with Gasteiger partial charge in [-0.3, -0.25) is 9.48 Å². The first-order valence-corrected chi connectivity index (χ1v) is 7.58. The predicted molar refractivity (Wildman–Crippen MR) is 87.8 cm³/mol. The number of aromatic nitrogens is 2. The van der Waals surface area contributed by atoms with Crippen LogP contribution < -0.4 is 4.74 Å². The number of halogens is 1. The summed E-state index contributed by atoms with van der Waals surface area (Å²) in [4.78, 5) is 14.2. The van der Waals surface area contributed by atoms with Crippen LogP contribution >= 0.6 is 11.6 Å². The summed E-state index contributed by atoms with van der Waals surface area (Å²) >= 11 is 6.20. The Morgan fingerprint density at radius 2 is 2.13 bits per heavy atom. The smallest absolute Gasteiger partial charge is 0.276 e. The molecule has 6 nitrogen and oxygen atoms in total. The van der Waals surface area contributed by atoms with Crippen molar-refractivity contribution >= 4 is 17.5 Å². The molecule has 0 spiro atoms. The van der Waals surface area contributed by atoms with Gasteiger partial charge in [0.05, 0.1) is 24.4 Å². The molecule has 0 bridgehead atoms. The van der Waals surface area contributed by atoms with Crippen LogP contribution in [-0.2, 0) is 13.6 Å². The van der Waals surface area contributed by atoms with Gasteiger partial charge in [-0.05, 0) is 13.0 Å². The number of carbonyl (C=O) groups is 1. The standard InChI is InChI=1S/C16H20ClN3O3/c1-11-14(17)15(18-19(11)2)16(22)20(8-9-21)10-12-6-4-5-7-13(12)23-3/h4-7,21H,8-10H2,1-3H3. The number of hydrogen-bond acceptors (Lipinski definition) is 4. The molecule has 0 saturated carbocycles. The number of aryl methyl sites for hydroxylation is 1. The molecule has 0 aliphatic heterocycles. The lowest BCUT2D eigenvalue weighted by Crippen LogP contribution is -2.33. The molecule has 124 valence electrons. The Labute approximate surface area is 140 Å². The normalized spacial score (nSPS) is 10.7. The maximum absolute atomic E-state index is 12.7. The summed E-state index contributed by atoms with van der Waals surface area (Å²) in [5, 5.41) is 13.8. The van der Waals surface area contributed by atoms with Gasteiger partial charge in [0.1, 0.15) is 5.75 Å². The fourth-order valence-electron chi connectivity index (χ4n) is 2.28. The summed E-state index contributed by atoms with van der Waals surface area (Å²) in [5.74, 6) is 0.366. The maximum atomic E-state index is 12.7. The largest absolute Gasteiger partial charge is 0.496 e. The minimum Gasteiger partial charge on any atom is -0.496 e. The van der Waals surface area contributed by atoms with Gasteiger partial charge in [0.25, 0.3) is 5.91 Å². The zero-order valence-electron chi connectivity index (χ0n) is 13.4. The molecular weight excluding hydrogens is 318 g/mol. The van der Waals surface area contributed by atoms with Gasteiger partial charge in [0, 0.05) is 25.7 Å². The van der Waals surface area contributed by atoms with Crippen LogP contribution in [0.2, 0.25) is 5.02 Å². The van der Waals surface area contributed by atoms with Crippen LogP contribution in [0.15, 0.2) is 24.3 Å². The fourth-order valence-corrected chi connectivity index (χ4v) is 2.52. The molecule has 1 aromatic carbocycles. The second-order valence-corrected chi connectivity index (χ2v) is 5.51. The molecule has 0 aliphatic rings. The van der Waals surface area contributed by atoms with Crippen LogP contribution in [0.5, 0.6) is 5.75 Å². The number of nitrogens with zero attached hydrogens (tertiary/aromatic N) is 3. The number of para-hydroxylation sites is 1. The highest BCUT2D eigenvalue weighted by molar-refractivity contribution is 6.34. The number of rotatable bonds is 6. The third-order valence-corrected chi connectivity index (χ3v) is 4.13. The molecule has 0 atom stereocenters. The van der Waals surface area contributed by atoms with Gasteiger partial charge < -0.3 is 14.7 Å². The van der Waals surface area contributed by atoms with Crippen LogP contribution in [0.3, 0.4) is 0 Å². The van der Waals surface area contributed by atoms with E-state index in [9.17, 15) is 9.90 Å². The van der Waals surface area contributed by atoms with Crippen LogP contribution in [0, 0.1) is 6.92 Å². The van der Waals surface area contributed by atoms with Crippen molar-refractivity contribution < 1.29 is 14.6 Å². The van der Waals surface area contributed by atoms with Gasteiger partial charge in [0.2, 0.25) is 0 Å². The summed E-state index contributed by atoms with van der Waals surface area (Å²) in [6, 6.07) is 7.44. The zero-order valence-corrected chi connectivity index (χ0v) is 14.2. The zero-order chi connectivity index (χ0) is 17.0. The Balaban J connectivity index is 2.30. The summed E-state index contributed by atoms with van der Waals surface area (Å²) < 4.78 is 6.88. The van der Waals surface area contributed by atoms with E-state index in [2.05, 4.69) is 5.10 Å². The molecule has 23 heavy (non-hydrogen) atoms. The number of methoxy groups -OCH3 is 1. The van der Waals surface area contributed by atoms with Crippen molar-refractivity contribution in [3.05, 3.63) is 46.2 Å². The minimum atomic E-state index is -0.321. The number of aliphatic hydroxyl groups is 1. The third kappa shape index (κ3) is 3.65. The Morgan fingerprint density at radius 3 is 2.70 bits per heavy atom. The molecule has 7 heteroatoms. The van der Waals surface area contributed by atoms with Crippen molar-refractivity contribution in [3.8, 4) is 5.75 Å². The van der Waals surface area contributed by atoms with E-state index in [4.69, 9.17) is 16.3 Å². The first kappa shape index (κ1) is 17.3. The van der Waals surface area contributed by atoms with E-state index < -0.39 is 0 Å². The van der Waals surface area contributed by atoms with Crippen molar-refractivity contribution in [2.75, 3.05) is 20.3 Å². The lowest BCUT2D eigenvalue weighted by molar-refractivity contribution is 0.0700. The summed E-state index contributed by atoms with van der Waals surface area (Å²) in [5.41, 5.74) is 1.76. The number of amides is 1. The average molecular weight is 338 g/mol. The van der Waals surface area contributed by atoms with Gasteiger partial charge in [-0.2, -0.15) is 5.10 Å². The number of benzene rings is 1. The third-order valence-electron chi connectivity index (χ3n) is 3.67. The molecule has 1 N–H and O–H groups in total. The number of aliphatic hydroxyl groups excluding tert-OH is 1. The van der Waals surface area contributed by atoms with Crippen LogP contribution in [0.25, 0.3) is 0 Å². The molecule has 2 aromatic rings. The first-order chi connectivity index (χ1) is 11.0. The second kappa shape index (κ2) is 7.48. The Kier molecular flexibility index (Phi) is 5.63. The van der Waals surface area contributed by atoms with Crippen molar-refractivity contribution in [1.82, 2.24) is 14.7 Å². The van der Waals surface area contributed by atoms with Crippen molar-refractivity contribution in [2.24, 2.45) is 7.05 Å². The topological polar surface area (TPSA) is 67.6 Å². The van der Waals surface area contributed by atoms with E-state index in [0.717, 1.165) is 11.3 Å². The van der Waals surface area contributed by atoms with Crippen LogP contribution in [0.4, 0.5) is 0 Å². The highest BCUT2D eigenvalue weighted by atomic mass is 35.5. The molecule has 0 radical (unpaired) electrons. The highest BCUT2D eigenvalue weighted by Crippen LogP contribution is 2.23. The van der Waals surface area contributed by atoms with Crippen molar-refractivity contribution in [2.45, 2.75) is 13.5 Å². The molecule has 1 aromatic heterocycles. The minimum absolute atomic E-state index is 0.148. The average Bonchev–Trinajstić information content (AvgIpc) is 2.81. The molecule has 2 rings (SSSR count). The summed E-state index contributed by atoms with van der Waals surface area (Å²) in [7, 11) is 3.31. The SMILES string of the molecule is COc1ccccc1CN(CCO)C(=O)c1nn(C)c(C)c1Cl. The number of carbonyl (C=O) groups excluding carboxylic acids is 1. The predicted octanol–water partition coefficient (Wildman–Crippen LogP) is 2.03. The van der Waals surface area contributed by atoms with Gasteiger partial charge in [-0.15, -0.1) is 0 Å². The lowest BCUT2D eigenvalue weighted by Gasteiger charge is -2.22. The lowest BCUT2D eigenvalue weighted by atomic mass is 10.1. The molecule has 1 amide bonds. The summed E-state index contributed by atoms with van der Waals surface area (Å²) in [6.45, 7) is 2.13. The molecule has 0 aliphatic carbocycles. The number of ether oxygens (including phenoxy) is 1. The highest BCUT2D eigenvalue weighted by Gasteiger charge is 2.24. The van der Waals surface area contributed by atoms with E-state index in [1.807, 2.05) is 24.3 Å². The molecule has 0 fully saturated rings. The molecule has 1 heterocycles. The van der Waals surface area contributed by atoms with Gasteiger partial charge in [-0.25, -0.2) is 0 Å². The van der Waals surface area contributed by atoms with Gasteiger partial charge in [-0.1, -0.05) is 29.8 Å². The Bertz CT molecular complexity index is 700. The van der Waals surface area contributed by atoms with Crippen molar-refractivity contribution in [1.29, 1.82) is 0 Å². The monoisotopic (exact) mass is 337 g/mol. The first-order valence-electron chi connectivity index (χ1n) is 7.20. The van der Waals surface area contributed by atoms with Gasteiger partial charge >= 0.3 is 0 Å². The quantitative estimate of drug-likeness (QED) is 0.875. The van der Waals surface area contributed by atoms with E-state index in [1.54, 1.807) is 25.8 Å². The molecular formula is C16H20ClN3O3. The summed E-state index contributed by atoms with van der Waals surface area (Å²) in [6.07, 6.45) is 0. The number of hydrogen-bond donors (Lipinski definition) is 1. The fraction of sp³-hybridized carbons (Fsp3) is 0.375. The van der Waals surface area contributed by atoms with Crippen LogP contribution in [0.1, 0.15) is 21.7 Å². The van der Waals surface area contributed by atoms with E-state index in [-0.39, 0.29) is 24.8 Å². The maximum Gasteiger partial charge on any atom is 0.276 e. The van der Waals surface area contributed by atoms with E-state index in [1.165, 1.54) is 4.90 Å². The Hall–Kier alpha value is -2.05. The van der Waals surface area contributed by atoms with Crippen LogP contribution in [-0.4, -0.2) is 46.0 Å². The molecule has 0 unspecified atom stereocenters. The van der Waals surface area contributed by atoms with E-state index in [0.29, 0.717) is 17.3 Å².